The Morgan fingerprint density at radius 2 is 2.27 bits per heavy atom. The van der Waals surface area contributed by atoms with Crippen LogP contribution in [0.3, 0.4) is 0 Å². The minimum absolute atomic E-state index is 0.141. The van der Waals surface area contributed by atoms with Crippen molar-refractivity contribution >= 4 is 10.1 Å². The van der Waals surface area contributed by atoms with Gasteiger partial charge in [0.1, 0.15) is 0 Å². The van der Waals surface area contributed by atoms with E-state index in [4.69, 9.17) is 4.18 Å². The maximum Gasteiger partial charge on any atom is 0.287 e. The zero-order chi connectivity index (χ0) is 11.3. The second-order valence-electron chi connectivity index (χ2n) is 4.58. The van der Waals surface area contributed by atoms with Crippen molar-refractivity contribution in [1.29, 1.82) is 5.26 Å². The molecule has 0 bridgehead atoms. The minimum Gasteiger partial charge on any atom is -0.265 e. The van der Waals surface area contributed by atoms with E-state index in [9.17, 15) is 13.7 Å². The molecular weight excluding hydrogens is 214 g/mol. The molecule has 1 saturated carbocycles. The van der Waals surface area contributed by atoms with E-state index in [1.165, 1.54) is 0 Å². The highest BCUT2D eigenvalue weighted by Gasteiger charge is 2.64. The molecule has 0 N–H and O–H groups in total. The molecule has 15 heavy (non-hydrogen) atoms. The first-order chi connectivity index (χ1) is 6.97. The van der Waals surface area contributed by atoms with Crippen molar-refractivity contribution in [2.24, 2.45) is 11.8 Å². The van der Waals surface area contributed by atoms with Crippen molar-refractivity contribution < 1.29 is 12.6 Å². The van der Waals surface area contributed by atoms with E-state index in [1.807, 2.05) is 13.0 Å². The summed E-state index contributed by atoms with van der Waals surface area (Å²) in [6, 6.07) is 2.01. The largest absolute Gasteiger partial charge is 0.287 e. The van der Waals surface area contributed by atoms with Gasteiger partial charge in [0.2, 0.25) is 0 Å². The van der Waals surface area contributed by atoms with Crippen LogP contribution in [0.25, 0.3) is 0 Å². The monoisotopic (exact) mass is 229 g/mol. The predicted octanol–water partition coefficient (Wildman–Crippen LogP) is 1.43. The van der Waals surface area contributed by atoms with Gasteiger partial charge in [-0.05, 0) is 25.7 Å². The molecule has 0 aromatic carbocycles. The summed E-state index contributed by atoms with van der Waals surface area (Å²) in [6.07, 6.45) is 1.83. The molecule has 1 heterocycles. The SMILES string of the molecule is CCC1CC2C(C)OS(=O)(=O)C2(C#N)C1. The van der Waals surface area contributed by atoms with Gasteiger partial charge in [0.15, 0.2) is 4.75 Å². The van der Waals surface area contributed by atoms with Crippen molar-refractivity contribution in [2.45, 2.75) is 44.0 Å². The summed E-state index contributed by atoms with van der Waals surface area (Å²) in [5, 5.41) is 9.18. The third kappa shape index (κ3) is 1.25. The van der Waals surface area contributed by atoms with E-state index < -0.39 is 14.9 Å². The molecule has 2 rings (SSSR count). The van der Waals surface area contributed by atoms with Crippen molar-refractivity contribution in [2.75, 3.05) is 0 Å². The first-order valence-electron chi connectivity index (χ1n) is 5.31. The van der Waals surface area contributed by atoms with Crippen LogP contribution in [0.4, 0.5) is 0 Å². The Morgan fingerprint density at radius 3 is 2.73 bits per heavy atom. The zero-order valence-corrected chi connectivity index (χ0v) is 9.75. The first kappa shape index (κ1) is 10.9. The Hall–Kier alpha value is -0.600. The number of hydrogen-bond acceptors (Lipinski definition) is 4. The standard InChI is InChI=1S/C10H15NO3S/c1-3-8-4-9-7(2)14-15(12,13)10(9,5-8)6-11/h7-9H,3-5H2,1-2H3. The Kier molecular flexibility index (Phi) is 2.32. The summed E-state index contributed by atoms with van der Waals surface area (Å²) < 4.78 is 27.3. The summed E-state index contributed by atoms with van der Waals surface area (Å²) in [4.78, 5) is 0. The fourth-order valence-corrected chi connectivity index (χ4v) is 4.84. The van der Waals surface area contributed by atoms with Gasteiger partial charge in [0.25, 0.3) is 10.1 Å². The average molecular weight is 229 g/mol. The second-order valence-corrected chi connectivity index (χ2v) is 6.41. The van der Waals surface area contributed by atoms with Gasteiger partial charge in [-0.1, -0.05) is 13.3 Å². The topological polar surface area (TPSA) is 67.2 Å². The normalized spacial score (nSPS) is 47.4. The van der Waals surface area contributed by atoms with Gasteiger partial charge in [-0.15, -0.1) is 0 Å². The van der Waals surface area contributed by atoms with Crippen molar-refractivity contribution in [3.8, 4) is 6.07 Å². The Balaban J connectivity index is 2.47. The van der Waals surface area contributed by atoms with Gasteiger partial charge < -0.3 is 0 Å². The molecule has 2 aliphatic rings. The zero-order valence-electron chi connectivity index (χ0n) is 8.93. The van der Waals surface area contributed by atoms with Gasteiger partial charge in [0, 0.05) is 5.92 Å². The van der Waals surface area contributed by atoms with E-state index in [2.05, 4.69) is 0 Å². The molecule has 0 amide bonds. The molecule has 5 heteroatoms. The molecule has 4 unspecified atom stereocenters. The summed E-state index contributed by atoms with van der Waals surface area (Å²) in [5.41, 5.74) is 0. The quantitative estimate of drug-likeness (QED) is 0.638. The van der Waals surface area contributed by atoms with Crippen LogP contribution >= 0.6 is 0 Å². The highest BCUT2D eigenvalue weighted by molar-refractivity contribution is 7.88. The molecule has 1 aliphatic heterocycles. The Labute approximate surface area is 90.4 Å². The lowest BCUT2D eigenvalue weighted by molar-refractivity contribution is 0.196. The van der Waals surface area contributed by atoms with Crippen LogP contribution in [0.1, 0.15) is 33.1 Å². The first-order valence-corrected chi connectivity index (χ1v) is 6.71. The lowest BCUT2D eigenvalue weighted by atomic mass is 9.92. The molecule has 1 saturated heterocycles. The van der Waals surface area contributed by atoms with Crippen LogP contribution in [0.2, 0.25) is 0 Å². The average Bonchev–Trinajstić information content (AvgIpc) is 2.63. The molecule has 4 atom stereocenters. The fourth-order valence-electron chi connectivity index (χ4n) is 2.92. The smallest absolute Gasteiger partial charge is 0.265 e. The van der Waals surface area contributed by atoms with Gasteiger partial charge in [-0.25, -0.2) is 0 Å². The number of rotatable bonds is 1. The van der Waals surface area contributed by atoms with Crippen LogP contribution in [0.5, 0.6) is 0 Å². The van der Waals surface area contributed by atoms with Gasteiger partial charge in [0.05, 0.1) is 12.2 Å². The van der Waals surface area contributed by atoms with Crippen LogP contribution < -0.4 is 0 Å². The molecular formula is C10H15NO3S. The maximum atomic E-state index is 11.8. The van der Waals surface area contributed by atoms with Crippen LogP contribution in [-0.2, 0) is 14.3 Å². The molecule has 0 spiro atoms. The molecule has 84 valence electrons. The lowest BCUT2D eigenvalue weighted by Gasteiger charge is -2.16. The number of hydrogen-bond donors (Lipinski definition) is 0. The van der Waals surface area contributed by atoms with Gasteiger partial charge in [-0.3, -0.25) is 4.18 Å². The highest BCUT2D eigenvalue weighted by atomic mass is 32.2. The van der Waals surface area contributed by atoms with E-state index in [1.54, 1.807) is 6.92 Å². The lowest BCUT2D eigenvalue weighted by Crippen LogP contribution is -2.35. The minimum atomic E-state index is -3.69. The molecule has 0 aromatic heterocycles. The summed E-state index contributed by atoms with van der Waals surface area (Å²) in [6.45, 7) is 3.79. The Bertz CT molecular complexity index is 411. The van der Waals surface area contributed by atoms with Crippen molar-refractivity contribution in [3.63, 3.8) is 0 Å². The predicted molar refractivity (Wildman–Crippen MR) is 54.3 cm³/mol. The van der Waals surface area contributed by atoms with Crippen LogP contribution in [0.15, 0.2) is 0 Å². The second kappa shape index (κ2) is 3.19. The summed E-state index contributed by atoms with van der Waals surface area (Å²) >= 11 is 0. The highest BCUT2D eigenvalue weighted by Crippen LogP contribution is 2.53. The van der Waals surface area contributed by atoms with Crippen LogP contribution in [-0.4, -0.2) is 19.3 Å². The number of fused-ring (bicyclic) bond motifs is 1. The summed E-state index contributed by atoms with van der Waals surface area (Å²) in [5.74, 6) is 0.202. The molecule has 0 aromatic rings. The summed E-state index contributed by atoms with van der Waals surface area (Å²) in [7, 11) is -3.69. The van der Waals surface area contributed by atoms with Gasteiger partial charge in [-0.2, -0.15) is 13.7 Å². The molecule has 4 nitrogen and oxygen atoms in total. The van der Waals surface area contributed by atoms with E-state index in [0.717, 1.165) is 12.8 Å². The Morgan fingerprint density at radius 1 is 1.60 bits per heavy atom. The molecule has 2 fully saturated rings. The van der Waals surface area contributed by atoms with Crippen LogP contribution in [0, 0.1) is 23.2 Å². The van der Waals surface area contributed by atoms with Crippen molar-refractivity contribution in [3.05, 3.63) is 0 Å². The third-order valence-corrected chi connectivity index (χ3v) is 5.85. The third-order valence-electron chi connectivity index (χ3n) is 3.84. The maximum absolute atomic E-state index is 11.8. The van der Waals surface area contributed by atoms with Crippen molar-refractivity contribution in [1.82, 2.24) is 0 Å². The number of nitrogens with zero attached hydrogens (tertiary/aromatic N) is 1. The fraction of sp³-hybridized carbons (Fsp3) is 0.900. The molecule has 0 radical (unpaired) electrons. The number of nitriles is 1. The van der Waals surface area contributed by atoms with E-state index in [0.29, 0.717) is 12.3 Å². The van der Waals surface area contributed by atoms with Gasteiger partial charge >= 0.3 is 0 Å². The van der Waals surface area contributed by atoms with E-state index in [-0.39, 0.29) is 12.0 Å². The van der Waals surface area contributed by atoms with E-state index >= 15 is 0 Å². The molecule has 1 aliphatic carbocycles.